The molecule has 0 atom stereocenters. The predicted molar refractivity (Wildman–Crippen MR) is 91.3 cm³/mol. The van der Waals surface area contributed by atoms with Crippen LogP contribution in [0.5, 0.6) is 5.75 Å². The predicted octanol–water partition coefficient (Wildman–Crippen LogP) is 3.42. The van der Waals surface area contributed by atoms with Crippen molar-refractivity contribution >= 4 is 17.3 Å². The monoisotopic (exact) mass is 315 g/mol. The molecule has 4 heteroatoms. The summed E-state index contributed by atoms with van der Waals surface area (Å²) in [6, 6.07) is 17.4. The maximum atomic E-state index is 12.8. The number of phenols is 1. The summed E-state index contributed by atoms with van der Waals surface area (Å²) >= 11 is 0. The summed E-state index contributed by atoms with van der Waals surface area (Å²) in [5.41, 5.74) is 8.26. The molecule has 0 unspecified atom stereocenters. The van der Waals surface area contributed by atoms with Crippen molar-refractivity contribution in [3.05, 3.63) is 82.9 Å². The van der Waals surface area contributed by atoms with E-state index in [2.05, 4.69) is 0 Å². The van der Waals surface area contributed by atoms with Gasteiger partial charge in [-0.1, -0.05) is 54.6 Å². The number of aromatic hydroxyl groups is 1. The molecule has 0 bridgehead atoms. The number of carbonyl (C=O) groups excluding carboxylic acids is 2. The van der Waals surface area contributed by atoms with E-state index in [9.17, 15) is 14.7 Å². The highest BCUT2D eigenvalue weighted by Gasteiger charge is 2.33. The molecule has 1 aliphatic rings. The van der Waals surface area contributed by atoms with Crippen LogP contribution in [0.4, 0.5) is 5.69 Å². The molecule has 4 nitrogen and oxygen atoms in total. The first-order valence-electron chi connectivity index (χ1n) is 7.49. The van der Waals surface area contributed by atoms with E-state index in [1.54, 1.807) is 30.3 Å². The lowest BCUT2D eigenvalue weighted by Crippen LogP contribution is -2.21. The molecule has 3 N–H and O–H groups in total. The molecule has 0 aliphatic heterocycles. The number of carbonyl (C=O) groups is 2. The summed E-state index contributed by atoms with van der Waals surface area (Å²) in [6.07, 6.45) is 0. The number of nitrogen functional groups attached to an aromatic ring is 1. The number of phenolic OH excluding ortho intramolecular Hbond substituents is 1. The molecule has 1 aliphatic carbocycles. The zero-order valence-electron chi connectivity index (χ0n) is 12.6. The van der Waals surface area contributed by atoms with Gasteiger partial charge in [0, 0.05) is 22.3 Å². The van der Waals surface area contributed by atoms with Crippen LogP contribution in [0.25, 0.3) is 11.1 Å². The number of nitrogens with two attached hydrogens (primary N) is 1. The van der Waals surface area contributed by atoms with Gasteiger partial charge in [-0.2, -0.15) is 0 Å². The highest BCUT2D eigenvalue weighted by atomic mass is 16.3. The Hall–Kier alpha value is -3.40. The Morgan fingerprint density at radius 1 is 0.708 bits per heavy atom. The third-order valence-electron chi connectivity index (χ3n) is 4.31. The van der Waals surface area contributed by atoms with Crippen LogP contribution in [0.2, 0.25) is 0 Å². The number of fused-ring (bicyclic) bond motifs is 2. The number of benzene rings is 3. The van der Waals surface area contributed by atoms with E-state index in [4.69, 9.17) is 5.73 Å². The van der Waals surface area contributed by atoms with Gasteiger partial charge >= 0.3 is 0 Å². The maximum absolute atomic E-state index is 12.8. The Bertz CT molecular complexity index is 1010. The Morgan fingerprint density at radius 3 is 1.96 bits per heavy atom. The molecular formula is C20H13NO3. The van der Waals surface area contributed by atoms with Crippen LogP contribution in [-0.2, 0) is 0 Å². The Balaban J connectivity index is 2.02. The van der Waals surface area contributed by atoms with Gasteiger partial charge in [-0.3, -0.25) is 9.59 Å². The third kappa shape index (κ3) is 1.86. The van der Waals surface area contributed by atoms with Crippen LogP contribution in [0.3, 0.4) is 0 Å². The van der Waals surface area contributed by atoms with Gasteiger partial charge in [0.05, 0.1) is 11.3 Å². The summed E-state index contributed by atoms with van der Waals surface area (Å²) in [5.74, 6) is -1.00. The molecule has 4 rings (SSSR count). The highest BCUT2D eigenvalue weighted by molar-refractivity contribution is 6.30. The van der Waals surface area contributed by atoms with Crippen molar-refractivity contribution in [3.63, 3.8) is 0 Å². The van der Waals surface area contributed by atoms with Crippen LogP contribution in [0.15, 0.2) is 60.7 Å². The van der Waals surface area contributed by atoms with Gasteiger partial charge in [-0.25, -0.2) is 0 Å². The quantitative estimate of drug-likeness (QED) is 0.416. The van der Waals surface area contributed by atoms with Crippen LogP contribution in [0, 0.1) is 0 Å². The van der Waals surface area contributed by atoms with Crippen molar-refractivity contribution < 1.29 is 14.7 Å². The average Bonchev–Trinajstić information content (AvgIpc) is 2.62. The van der Waals surface area contributed by atoms with Crippen LogP contribution in [-0.4, -0.2) is 16.7 Å². The average molecular weight is 315 g/mol. The fraction of sp³-hybridized carbons (Fsp3) is 0. The lowest BCUT2D eigenvalue weighted by Gasteiger charge is -2.21. The maximum Gasteiger partial charge on any atom is 0.198 e. The number of ketones is 2. The van der Waals surface area contributed by atoms with E-state index >= 15 is 0 Å². The fourth-order valence-electron chi connectivity index (χ4n) is 3.11. The van der Waals surface area contributed by atoms with E-state index in [0.717, 1.165) is 5.56 Å². The van der Waals surface area contributed by atoms with E-state index in [-0.39, 0.29) is 39.7 Å². The molecule has 0 fully saturated rings. The summed E-state index contributed by atoms with van der Waals surface area (Å²) in [6.45, 7) is 0. The zero-order chi connectivity index (χ0) is 16.8. The van der Waals surface area contributed by atoms with Crippen molar-refractivity contribution in [3.8, 4) is 16.9 Å². The molecule has 3 aromatic rings. The van der Waals surface area contributed by atoms with Crippen molar-refractivity contribution in [1.29, 1.82) is 0 Å². The zero-order valence-corrected chi connectivity index (χ0v) is 12.6. The molecule has 3 aromatic carbocycles. The van der Waals surface area contributed by atoms with Crippen molar-refractivity contribution in [1.82, 2.24) is 0 Å². The summed E-state index contributed by atoms with van der Waals surface area (Å²) in [4.78, 5) is 25.5. The molecule has 0 saturated heterocycles. The molecular weight excluding hydrogens is 302 g/mol. The molecule has 0 radical (unpaired) electrons. The van der Waals surface area contributed by atoms with Crippen molar-refractivity contribution in [2.45, 2.75) is 0 Å². The molecule has 0 spiro atoms. The van der Waals surface area contributed by atoms with Gasteiger partial charge in [0.25, 0.3) is 0 Å². The molecule has 0 amide bonds. The second-order valence-corrected chi connectivity index (χ2v) is 5.68. The minimum atomic E-state index is -0.385. The molecule has 0 heterocycles. The number of hydrogen-bond donors (Lipinski definition) is 2. The lowest BCUT2D eigenvalue weighted by atomic mass is 9.81. The van der Waals surface area contributed by atoms with E-state index in [1.807, 2.05) is 30.3 Å². The molecule has 24 heavy (non-hydrogen) atoms. The first-order chi connectivity index (χ1) is 11.6. The van der Waals surface area contributed by atoms with Crippen LogP contribution in [0.1, 0.15) is 31.8 Å². The van der Waals surface area contributed by atoms with Crippen molar-refractivity contribution in [2.75, 3.05) is 5.73 Å². The van der Waals surface area contributed by atoms with Gasteiger partial charge in [0.15, 0.2) is 17.3 Å². The summed E-state index contributed by atoms with van der Waals surface area (Å²) < 4.78 is 0. The van der Waals surface area contributed by atoms with Gasteiger partial charge in [0.2, 0.25) is 0 Å². The third-order valence-corrected chi connectivity index (χ3v) is 4.31. The normalized spacial score (nSPS) is 12.7. The van der Waals surface area contributed by atoms with E-state index in [0.29, 0.717) is 11.1 Å². The smallest absolute Gasteiger partial charge is 0.198 e. The molecule has 0 saturated carbocycles. The Morgan fingerprint density at radius 2 is 1.29 bits per heavy atom. The summed E-state index contributed by atoms with van der Waals surface area (Å²) in [7, 11) is 0. The topological polar surface area (TPSA) is 80.4 Å². The van der Waals surface area contributed by atoms with Crippen LogP contribution >= 0.6 is 0 Å². The van der Waals surface area contributed by atoms with Gasteiger partial charge < -0.3 is 10.8 Å². The van der Waals surface area contributed by atoms with Gasteiger partial charge in [0.1, 0.15) is 0 Å². The lowest BCUT2D eigenvalue weighted by molar-refractivity contribution is 0.0977. The Kier molecular flexibility index (Phi) is 3.00. The van der Waals surface area contributed by atoms with Gasteiger partial charge in [-0.05, 0) is 11.6 Å². The van der Waals surface area contributed by atoms with Crippen LogP contribution < -0.4 is 5.73 Å². The summed E-state index contributed by atoms with van der Waals surface area (Å²) in [5, 5.41) is 10.5. The minimum absolute atomic E-state index is 0.0177. The van der Waals surface area contributed by atoms with Gasteiger partial charge in [-0.15, -0.1) is 0 Å². The Labute approximate surface area is 138 Å². The van der Waals surface area contributed by atoms with E-state index < -0.39 is 0 Å². The molecule has 116 valence electrons. The van der Waals surface area contributed by atoms with E-state index in [1.165, 1.54) is 0 Å². The standard InChI is InChI=1S/C20H13NO3/c21-17-14(11-6-2-1-3-7-11)10-15-16(20(17)24)19(23)13-9-5-4-8-12(13)18(15)22/h1-10,24H,21H2. The first-order valence-corrected chi connectivity index (χ1v) is 7.49. The first kappa shape index (κ1) is 14.2. The largest absolute Gasteiger partial charge is 0.505 e. The number of hydrogen-bond acceptors (Lipinski definition) is 4. The highest BCUT2D eigenvalue weighted by Crippen LogP contribution is 2.41. The fourth-order valence-corrected chi connectivity index (χ4v) is 3.11. The SMILES string of the molecule is Nc1c(-c2ccccc2)cc2c(c1O)C(=O)c1ccccc1C2=O. The second-order valence-electron chi connectivity index (χ2n) is 5.68. The minimum Gasteiger partial charge on any atom is -0.505 e. The van der Waals surface area contributed by atoms with Crippen molar-refractivity contribution in [2.24, 2.45) is 0 Å². The number of rotatable bonds is 1. The molecule has 0 aromatic heterocycles. The number of anilines is 1. The second kappa shape index (κ2) is 5.06.